The molecule has 2 aromatic carbocycles. The maximum Gasteiger partial charge on any atom is 0.337 e. The number of aromatic carboxylic acids is 1. The van der Waals surface area contributed by atoms with Gasteiger partial charge in [0, 0.05) is 11.7 Å². The second-order valence-corrected chi connectivity index (χ2v) is 4.55. The second kappa shape index (κ2) is 6.57. The number of anilines is 1. The second-order valence-electron chi connectivity index (χ2n) is 4.55. The number of carbonyl (C=O) groups is 1. The molecule has 102 valence electrons. The average molecular weight is 267 g/mol. The van der Waals surface area contributed by atoms with Gasteiger partial charge in [0.15, 0.2) is 0 Å². The summed E-state index contributed by atoms with van der Waals surface area (Å²) in [6.45, 7) is 1.98. The van der Waals surface area contributed by atoms with E-state index in [1.165, 1.54) is 0 Å². The fraction of sp³-hybridized carbons (Fsp3) is 0.118. The molecule has 0 heterocycles. The largest absolute Gasteiger partial charge is 0.478 e. The molecular formula is C17H17NO2. The molecular weight excluding hydrogens is 250 g/mol. The van der Waals surface area contributed by atoms with Gasteiger partial charge in [0.1, 0.15) is 0 Å². The predicted octanol–water partition coefficient (Wildman–Crippen LogP) is 3.90. The van der Waals surface area contributed by atoms with E-state index in [-0.39, 0.29) is 11.6 Å². The third-order valence-corrected chi connectivity index (χ3v) is 2.92. The number of para-hydroxylation sites is 1. The lowest BCUT2D eigenvalue weighted by Crippen LogP contribution is -2.14. The summed E-state index contributed by atoms with van der Waals surface area (Å²) < 4.78 is 0. The number of rotatable bonds is 5. The Morgan fingerprint density at radius 2 is 1.75 bits per heavy atom. The van der Waals surface area contributed by atoms with E-state index in [0.29, 0.717) is 5.69 Å². The summed E-state index contributed by atoms with van der Waals surface area (Å²) >= 11 is 0. The summed E-state index contributed by atoms with van der Waals surface area (Å²) in [6, 6.07) is 16.9. The predicted molar refractivity (Wildman–Crippen MR) is 82.0 cm³/mol. The zero-order chi connectivity index (χ0) is 14.4. The van der Waals surface area contributed by atoms with Crippen molar-refractivity contribution in [2.75, 3.05) is 5.32 Å². The molecule has 0 saturated heterocycles. The van der Waals surface area contributed by atoms with E-state index in [2.05, 4.69) is 5.32 Å². The van der Waals surface area contributed by atoms with Crippen molar-refractivity contribution in [3.8, 4) is 0 Å². The highest BCUT2D eigenvalue weighted by atomic mass is 16.4. The van der Waals surface area contributed by atoms with Crippen molar-refractivity contribution in [2.45, 2.75) is 13.0 Å². The Morgan fingerprint density at radius 1 is 1.10 bits per heavy atom. The third kappa shape index (κ3) is 3.72. The van der Waals surface area contributed by atoms with E-state index < -0.39 is 5.97 Å². The average Bonchev–Trinajstić information content (AvgIpc) is 2.46. The first-order valence-electron chi connectivity index (χ1n) is 6.49. The lowest BCUT2D eigenvalue weighted by molar-refractivity contribution is 0.0698. The highest BCUT2D eigenvalue weighted by molar-refractivity contribution is 5.94. The Bertz CT molecular complexity index is 605. The van der Waals surface area contributed by atoms with Gasteiger partial charge >= 0.3 is 5.97 Å². The first kappa shape index (κ1) is 13.9. The van der Waals surface area contributed by atoms with Gasteiger partial charge in [-0.05, 0) is 24.6 Å². The summed E-state index contributed by atoms with van der Waals surface area (Å²) in [7, 11) is 0. The Hall–Kier alpha value is -2.55. The van der Waals surface area contributed by atoms with Crippen LogP contribution in [0.1, 0.15) is 22.8 Å². The number of hydrogen-bond donors (Lipinski definition) is 2. The zero-order valence-corrected chi connectivity index (χ0v) is 11.3. The first-order chi connectivity index (χ1) is 9.66. The van der Waals surface area contributed by atoms with Crippen LogP contribution in [0.15, 0.2) is 60.7 Å². The molecule has 2 aromatic rings. The Balaban J connectivity index is 2.07. The lowest BCUT2D eigenvalue weighted by Gasteiger charge is -2.13. The van der Waals surface area contributed by atoms with Crippen molar-refractivity contribution in [3.63, 3.8) is 0 Å². The molecule has 0 radical (unpaired) electrons. The molecule has 2 rings (SSSR count). The zero-order valence-electron chi connectivity index (χ0n) is 11.3. The van der Waals surface area contributed by atoms with Crippen molar-refractivity contribution in [1.82, 2.24) is 0 Å². The first-order valence-corrected chi connectivity index (χ1v) is 6.49. The molecule has 0 saturated carbocycles. The molecule has 2 N–H and O–H groups in total. The fourth-order valence-corrected chi connectivity index (χ4v) is 1.91. The molecule has 1 atom stereocenters. The minimum absolute atomic E-state index is 0.0377. The van der Waals surface area contributed by atoms with Gasteiger partial charge in [0.25, 0.3) is 0 Å². The van der Waals surface area contributed by atoms with Crippen molar-refractivity contribution in [1.29, 1.82) is 0 Å². The van der Waals surface area contributed by atoms with Crippen LogP contribution in [0.25, 0.3) is 6.08 Å². The standard InChI is InChI=1S/C17H17NO2/c1-13(11-12-14-7-3-2-4-8-14)18-16-10-6-5-9-15(16)17(19)20/h2-13,18H,1H3,(H,19,20)/b12-11+/t13-/m1/s1. The van der Waals surface area contributed by atoms with E-state index in [0.717, 1.165) is 5.56 Å². The van der Waals surface area contributed by atoms with Gasteiger partial charge in [-0.25, -0.2) is 4.79 Å². The number of benzene rings is 2. The quantitative estimate of drug-likeness (QED) is 0.863. The normalized spacial score (nSPS) is 12.2. The summed E-state index contributed by atoms with van der Waals surface area (Å²) in [6.07, 6.45) is 4.02. The highest BCUT2D eigenvalue weighted by Gasteiger charge is 2.09. The van der Waals surface area contributed by atoms with Crippen LogP contribution in [0.2, 0.25) is 0 Å². The number of carboxylic acid groups (broad SMARTS) is 1. The number of nitrogens with one attached hydrogen (secondary N) is 1. The number of carboxylic acids is 1. The molecule has 20 heavy (non-hydrogen) atoms. The molecule has 0 aliphatic heterocycles. The molecule has 3 heteroatoms. The van der Waals surface area contributed by atoms with Gasteiger partial charge in [-0.15, -0.1) is 0 Å². The smallest absolute Gasteiger partial charge is 0.337 e. The fourth-order valence-electron chi connectivity index (χ4n) is 1.91. The molecule has 0 aliphatic carbocycles. The van der Waals surface area contributed by atoms with E-state index in [1.807, 2.05) is 55.5 Å². The van der Waals surface area contributed by atoms with Crippen molar-refractivity contribution >= 4 is 17.7 Å². The van der Waals surface area contributed by atoms with Crippen LogP contribution in [0.4, 0.5) is 5.69 Å². The molecule has 0 amide bonds. The van der Waals surface area contributed by atoms with Crippen molar-refractivity contribution in [3.05, 3.63) is 71.8 Å². The van der Waals surface area contributed by atoms with E-state index in [4.69, 9.17) is 5.11 Å². The van der Waals surface area contributed by atoms with Crippen LogP contribution in [-0.4, -0.2) is 17.1 Å². The van der Waals surface area contributed by atoms with Gasteiger partial charge in [-0.1, -0.05) is 54.6 Å². The van der Waals surface area contributed by atoms with Crippen molar-refractivity contribution < 1.29 is 9.90 Å². The molecule has 0 aliphatic rings. The van der Waals surface area contributed by atoms with Crippen LogP contribution in [0.5, 0.6) is 0 Å². The van der Waals surface area contributed by atoms with Crippen LogP contribution in [0, 0.1) is 0 Å². The Labute approximate surface area is 118 Å². The molecule has 3 nitrogen and oxygen atoms in total. The van der Waals surface area contributed by atoms with Crippen LogP contribution in [0.3, 0.4) is 0 Å². The summed E-state index contributed by atoms with van der Waals surface area (Å²) in [5.74, 6) is -0.924. The topological polar surface area (TPSA) is 49.3 Å². The molecule has 0 unspecified atom stereocenters. The van der Waals surface area contributed by atoms with Gasteiger partial charge in [-0.3, -0.25) is 0 Å². The SMILES string of the molecule is C[C@H](/C=C/c1ccccc1)Nc1ccccc1C(=O)O. The number of hydrogen-bond acceptors (Lipinski definition) is 2. The third-order valence-electron chi connectivity index (χ3n) is 2.92. The maximum absolute atomic E-state index is 11.1. The van der Waals surface area contributed by atoms with Crippen LogP contribution in [-0.2, 0) is 0 Å². The molecule has 0 spiro atoms. The van der Waals surface area contributed by atoms with Gasteiger partial charge in [-0.2, -0.15) is 0 Å². The molecule has 0 aromatic heterocycles. The monoisotopic (exact) mass is 267 g/mol. The van der Waals surface area contributed by atoms with Gasteiger partial charge in [0.05, 0.1) is 5.56 Å². The van der Waals surface area contributed by atoms with Crippen LogP contribution < -0.4 is 5.32 Å². The van der Waals surface area contributed by atoms with Gasteiger partial charge < -0.3 is 10.4 Å². The van der Waals surface area contributed by atoms with E-state index in [9.17, 15) is 4.79 Å². The Morgan fingerprint density at radius 3 is 2.45 bits per heavy atom. The Kier molecular flexibility index (Phi) is 4.56. The van der Waals surface area contributed by atoms with E-state index in [1.54, 1.807) is 18.2 Å². The summed E-state index contributed by atoms with van der Waals surface area (Å²) in [5, 5.41) is 12.3. The molecule has 0 fully saturated rings. The minimum atomic E-state index is -0.924. The minimum Gasteiger partial charge on any atom is -0.478 e. The molecule has 0 bridgehead atoms. The highest BCUT2D eigenvalue weighted by Crippen LogP contribution is 2.16. The summed E-state index contributed by atoms with van der Waals surface area (Å²) in [5.41, 5.74) is 2.03. The van der Waals surface area contributed by atoms with Crippen molar-refractivity contribution in [2.24, 2.45) is 0 Å². The van der Waals surface area contributed by atoms with E-state index >= 15 is 0 Å². The summed E-state index contributed by atoms with van der Waals surface area (Å²) in [4.78, 5) is 11.1. The van der Waals surface area contributed by atoms with Gasteiger partial charge in [0.2, 0.25) is 0 Å². The lowest BCUT2D eigenvalue weighted by atomic mass is 10.1. The van der Waals surface area contributed by atoms with Crippen LogP contribution >= 0.6 is 0 Å². The maximum atomic E-state index is 11.1.